The number of nitrogens with one attached hydrogen (secondary N) is 2. The van der Waals surface area contributed by atoms with Crippen molar-refractivity contribution in [3.8, 4) is 0 Å². The lowest BCUT2D eigenvalue weighted by Crippen LogP contribution is -2.24. The van der Waals surface area contributed by atoms with Crippen LogP contribution >= 0.6 is 11.6 Å². The first kappa shape index (κ1) is 20.0. The van der Waals surface area contributed by atoms with Gasteiger partial charge in [-0.15, -0.1) is 0 Å². The quantitative estimate of drug-likeness (QED) is 0.624. The van der Waals surface area contributed by atoms with Crippen LogP contribution in [0.2, 0.25) is 5.02 Å². The van der Waals surface area contributed by atoms with Crippen LogP contribution in [0.3, 0.4) is 0 Å². The van der Waals surface area contributed by atoms with Gasteiger partial charge in [0, 0.05) is 5.69 Å². The van der Waals surface area contributed by atoms with E-state index >= 15 is 0 Å². The molecule has 0 spiro atoms. The maximum absolute atomic E-state index is 14.1. The lowest BCUT2D eigenvalue weighted by atomic mass is 10.2. The average Bonchev–Trinajstić information content (AvgIpc) is 3.17. The van der Waals surface area contributed by atoms with Crippen LogP contribution in [0.25, 0.3) is 0 Å². The first-order valence-electron chi connectivity index (χ1n) is 7.84. The molecule has 1 aromatic heterocycles. The highest BCUT2D eigenvalue weighted by Crippen LogP contribution is 2.21. The predicted molar refractivity (Wildman–Crippen MR) is 98.5 cm³/mol. The van der Waals surface area contributed by atoms with Crippen molar-refractivity contribution < 1.29 is 26.4 Å². The Kier molecular flexibility index (Phi) is 5.78. The third-order valence-electron chi connectivity index (χ3n) is 3.69. The van der Waals surface area contributed by atoms with Gasteiger partial charge in [-0.1, -0.05) is 11.6 Å². The zero-order valence-electron chi connectivity index (χ0n) is 14.1. The summed E-state index contributed by atoms with van der Waals surface area (Å²) in [7, 11) is -4.02. The van der Waals surface area contributed by atoms with Gasteiger partial charge in [0.2, 0.25) is 10.0 Å². The molecule has 3 aromatic rings. The maximum Gasteiger partial charge on any atom is 0.258 e. The van der Waals surface area contributed by atoms with Crippen molar-refractivity contribution in [2.45, 2.75) is 11.4 Å². The molecule has 0 bridgehead atoms. The number of rotatable bonds is 6. The number of benzene rings is 2. The molecule has 0 aliphatic rings. The summed E-state index contributed by atoms with van der Waals surface area (Å²) in [6, 6.07) is 9.42. The van der Waals surface area contributed by atoms with Crippen molar-refractivity contribution in [1.82, 2.24) is 4.72 Å². The van der Waals surface area contributed by atoms with Crippen LogP contribution in [-0.2, 0) is 16.6 Å². The molecule has 2 aromatic carbocycles. The average molecular weight is 427 g/mol. The molecule has 0 radical (unpaired) electrons. The van der Waals surface area contributed by atoms with Gasteiger partial charge in [0.25, 0.3) is 5.91 Å². The summed E-state index contributed by atoms with van der Waals surface area (Å²) in [5.41, 5.74) is -0.374. The Morgan fingerprint density at radius 2 is 1.82 bits per heavy atom. The number of anilines is 1. The minimum absolute atomic E-state index is 0.109. The summed E-state index contributed by atoms with van der Waals surface area (Å²) < 4.78 is 59.4. The third kappa shape index (κ3) is 4.56. The van der Waals surface area contributed by atoms with E-state index in [1.807, 2.05) is 0 Å². The number of furan rings is 1. The number of sulfonamides is 1. The van der Waals surface area contributed by atoms with E-state index in [1.54, 1.807) is 12.1 Å². The van der Waals surface area contributed by atoms with Crippen molar-refractivity contribution in [3.05, 3.63) is 82.8 Å². The molecular weight excluding hydrogens is 414 g/mol. The SMILES string of the molecule is O=C(Nc1ccc(F)c(Cl)c1)c1cc(S(=O)(=O)NCc2ccco2)ccc1F. The van der Waals surface area contributed by atoms with E-state index in [1.165, 1.54) is 12.3 Å². The molecular formula is C18H13ClF2N2O4S. The highest BCUT2D eigenvalue weighted by Gasteiger charge is 2.20. The van der Waals surface area contributed by atoms with Gasteiger partial charge in [0.15, 0.2) is 0 Å². The van der Waals surface area contributed by atoms with Crippen LogP contribution < -0.4 is 10.0 Å². The molecule has 1 amide bonds. The number of carbonyl (C=O) groups excluding carboxylic acids is 1. The van der Waals surface area contributed by atoms with Gasteiger partial charge >= 0.3 is 0 Å². The highest BCUT2D eigenvalue weighted by molar-refractivity contribution is 7.89. The van der Waals surface area contributed by atoms with Crippen LogP contribution in [0.5, 0.6) is 0 Å². The topological polar surface area (TPSA) is 88.4 Å². The van der Waals surface area contributed by atoms with Gasteiger partial charge in [-0.3, -0.25) is 4.79 Å². The molecule has 0 unspecified atom stereocenters. The van der Waals surface area contributed by atoms with Gasteiger partial charge in [0.1, 0.15) is 17.4 Å². The van der Waals surface area contributed by atoms with E-state index in [2.05, 4.69) is 10.0 Å². The summed E-state index contributed by atoms with van der Waals surface area (Å²) in [6.45, 7) is -0.109. The predicted octanol–water partition coefficient (Wildman–Crippen LogP) is 3.94. The molecule has 0 aliphatic heterocycles. The highest BCUT2D eigenvalue weighted by atomic mass is 35.5. The lowest BCUT2D eigenvalue weighted by Gasteiger charge is -2.10. The standard InChI is InChI=1S/C18H13ClF2N2O4S/c19-15-8-11(3-5-17(15)21)23-18(24)14-9-13(4-6-16(14)20)28(25,26)22-10-12-2-1-7-27-12/h1-9,22H,10H2,(H,23,24). The van der Waals surface area contributed by atoms with E-state index in [9.17, 15) is 22.0 Å². The lowest BCUT2D eigenvalue weighted by molar-refractivity contribution is 0.102. The van der Waals surface area contributed by atoms with Gasteiger partial charge in [-0.25, -0.2) is 21.9 Å². The van der Waals surface area contributed by atoms with Crippen molar-refractivity contribution in [2.75, 3.05) is 5.32 Å². The van der Waals surface area contributed by atoms with Gasteiger partial charge < -0.3 is 9.73 Å². The fraction of sp³-hybridized carbons (Fsp3) is 0.0556. The Morgan fingerprint density at radius 1 is 1.07 bits per heavy atom. The normalized spacial score (nSPS) is 11.4. The van der Waals surface area contributed by atoms with Gasteiger partial charge in [-0.05, 0) is 48.5 Å². The fourth-order valence-corrected chi connectivity index (χ4v) is 3.48. The van der Waals surface area contributed by atoms with Crippen molar-refractivity contribution in [1.29, 1.82) is 0 Å². The number of hydrogen-bond acceptors (Lipinski definition) is 4. The molecule has 28 heavy (non-hydrogen) atoms. The summed E-state index contributed by atoms with van der Waals surface area (Å²) in [4.78, 5) is 12.0. The number of carbonyl (C=O) groups is 1. The Balaban J connectivity index is 1.81. The van der Waals surface area contributed by atoms with Crippen LogP contribution in [0.15, 0.2) is 64.1 Å². The van der Waals surface area contributed by atoms with Gasteiger partial charge in [-0.2, -0.15) is 0 Å². The van der Waals surface area contributed by atoms with Crippen LogP contribution in [0.1, 0.15) is 16.1 Å². The largest absolute Gasteiger partial charge is 0.468 e. The molecule has 0 aliphatic carbocycles. The number of amides is 1. The van der Waals surface area contributed by atoms with E-state index < -0.39 is 33.1 Å². The number of halogens is 3. The van der Waals surface area contributed by atoms with Crippen molar-refractivity contribution in [3.63, 3.8) is 0 Å². The van der Waals surface area contributed by atoms with Crippen LogP contribution in [0.4, 0.5) is 14.5 Å². The zero-order chi connectivity index (χ0) is 20.3. The summed E-state index contributed by atoms with van der Waals surface area (Å²) in [5, 5.41) is 2.11. The molecule has 2 N–H and O–H groups in total. The molecule has 146 valence electrons. The molecule has 6 nitrogen and oxygen atoms in total. The monoisotopic (exact) mass is 426 g/mol. The zero-order valence-corrected chi connectivity index (χ0v) is 15.7. The molecule has 0 atom stereocenters. The van der Waals surface area contributed by atoms with Gasteiger partial charge in [0.05, 0.1) is 28.3 Å². The van der Waals surface area contributed by atoms with E-state index in [4.69, 9.17) is 16.0 Å². The summed E-state index contributed by atoms with van der Waals surface area (Å²) >= 11 is 5.64. The molecule has 0 saturated carbocycles. The van der Waals surface area contributed by atoms with E-state index in [0.717, 1.165) is 30.3 Å². The summed E-state index contributed by atoms with van der Waals surface area (Å²) in [5.74, 6) is -2.13. The Bertz CT molecular complexity index is 1120. The fourth-order valence-electron chi connectivity index (χ4n) is 2.28. The first-order valence-corrected chi connectivity index (χ1v) is 9.70. The third-order valence-corrected chi connectivity index (χ3v) is 5.38. The minimum atomic E-state index is -4.02. The smallest absolute Gasteiger partial charge is 0.258 e. The first-order chi connectivity index (χ1) is 13.3. The molecule has 10 heteroatoms. The van der Waals surface area contributed by atoms with E-state index in [0.29, 0.717) is 5.76 Å². The van der Waals surface area contributed by atoms with Crippen LogP contribution in [-0.4, -0.2) is 14.3 Å². The molecule has 1 heterocycles. The Labute approximate surface area is 164 Å². The molecule has 0 fully saturated rings. The Hall–Kier alpha value is -2.75. The van der Waals surface area contributed by atoms with Crippen LogP contribution in [0, 0.1) is 11.6 Å². The second-order valence-corrected chi connectivity index (χ2v) is 7.80. The second kappa shape index (κ2) is 8.09. The van der Waals surface area contributed by atoms with Crippen molar-refractivity contribution in [2.24, 2.45) is 0 Å². The minimum Gasteiger partial charge on any atom is -0.468 e. The number of hydrogen-bond donors (Lipinski definition) is 2. The Morgan fingerprint density at radius 3 is 2.50 bits per heavy atom. The maximum atomic E-state index is 14.1. The second-order valence-electron chi connectivity index (χ2n) is 5.63. The van der Waals surface area contributed by atoms with Crippen molar-refractivity contribution >= 4 is 33.2 Å². The molecule has 3 rings (SSSR count). The summed E-state index contributed by atoms with van der Waals surface area (Å²) in [6.07, 6.45) is 1.39. The molecule has 0 saturated heterocycles. The van der Waals surface area contributed by atoms with E-state index in [-0.39, 0.29) is 22.2 Å².